The summed E-state index contributed by atoms with van der Waals surface area (Å²) in [6.45, 7) is 0. The van der Waals surface area contributed by atoms with Crippen molar-refractivity contribution in [2.75, 3.05) is 0 Å². The van der Waals surface area contributed by atoms with Crippen LogP contribution in [0.1, 0.15) is 24.0 Å². The van der Waals surface area contributed by atoms with Crippen LogP contribution in [-0.4, -0.2) is 0 Å². The number of hydrogen-bond acceptors (Lipinski definition) is 0. The lowest BCUT2D eigenvalue weighted by Gasteiger charge is -1.94. The second kappa shape index (κ2) is 9.21. The van der Waals surface area contributed by atoms with E-state index < -0.39 is 0 Å². The van der Waals surface area contributed by atoms with Gasteiger partial charge < -0.3 is 0 Å². The molecule has 0 unspecified atom stereocenters. The van der Waals surface area contributed by atoms with Gasteiger partial charge in [-0.15, -0.1) is 6.42 Å². The van der Waals surface area contributed by atoms with E-state index in [4.69, 9.17) is 6.42 Å². The Hall–Kier alpha value is -2.78. The van der Waals surface area contributed by atoms with Gasteiger partial charge in [-0.3, -0.25) is 0 Å². The van der Waals surface area contributed by atoms with Gasteiger partial charge in [-0.05, 0) is 30.0 Å². The lowest BCUT2D eigenvalue weighted by atomic mass is 10.1. The quantitative estimate of drug-likeness (QED) is 0.360. The maximum absolute atomic E-state index is 5.56. The Labute approximate surface area is 133 Å². The van der Waals surface area contributed by atoms with Gasteiger partial charge in [-0.1, -0.05) is 90.9 Å². The highest BCUT2D eigenvalue weighted by atomic mass is 13.9. The van der Waals surface area contributed by atoms with Crippen molar-refractivity contribution in [1.29, 1.82) is 0 Å². The minimum absolute atomic E-state index is 0.928. The predicted octanol–water partition coefficient (Wildman–Crippen LogP) is 5.75. The molecule has 0 spiro atoms. The molecule has 0 saturated carbocycles. The topological polar surface area (TPSA) is 0 Å². The first-order valence-electron chi connectivity index (χ1n) is 7.50. The molecular weight excluding hydrogens is 264 g/mol. The largest absolute Gasteiger partial charge is 0.115 e. The molecule has 0 heteroatoms. The first-order chi connectivity index (χ1) is 10.9. The predicted molar refractivity (Wildman–Crippen MR) is 97.1 cm³/mol. The van der Waals surface area contributed by atoms with Gasteiger partial charge in [-0.2, -0.15) is 0 Å². The lowest BCUT2D eigenvalue weighted by Crippen LogP contribution is -1.75. The Bertz CT molecular complexity index is 680. The summed E-state index contributed by atoms with van der Waals surface area (Å²) in [6, 6.07) is 20.5. The van der Waals surface area contributed by atoms with Gasteiger partial charge in [0, 0.05) is 5.57 Å². The van der Waals surface area contributed by atoms with E-state index in [2.05, 4.69) is 48.4 Å². The highest BCUT2D eigenvalue weighted by Gasteiger charge is 1.88. The van der Waals surface area contributed by atoms with Gasteiger partial charge in [0.1, 0.15) is 0 Å². The first-order valence-corrected chi connectivity index (χ1v) is 7.50. The van der Waals surface area contributed by atoms with Crippen LogP contribution in [0.25, 0.3) is 12.2 Å². The van der Waals surface area contributed by atoms with E-state index in [1.54, 1.807) is 0 Å². The van der Waals surface area contributed by atoms with Crippen molar-refractivity contribution < 1.29 is 0 Å². The van der Waals surface area contributed by atoms with Crippen molar-refractivity contribution in [3.63, 3.8) is 0 Å². The summed E-state index contributed by atoms with van der Waals surface area (Å²) in [6.07, 6.45) is 18.0. The van der Waals surface area contributed by atoms with Crippen LogP contribution >= 0.6 is 0 Å². The van der Waals surface area contributed by atoms with Crippen molar-refractivity contribution in [2.24, 2.45) is 0 Å². The fourth-order valence-corrected chi connectivity index (χ4v) is 2.04. The molecular formula is C22H20. The van der Waals surface area contributed by atoms with Crippen molar-refractivity contribution in [3.05, 3.63) is 95.6 Å². The molecule has 0 heterocycles. The van der Waals surface area contributed by atoms with E-state index in [0.29, 0.717) is 0 Å². The zero-order valence-corrected chi connectivity index (χ0v) is 12.7. The molecule has 0 aliphatic heterocycles. The Morgan fingerprint density at radius 2 is 1.41 bits per heavy atom. The molecule has 0 atom stereocenters. The summed E-state index contributed by atoms with van der Waals surface area (Å²) in [4.78, 5) is 0. The average Bonchev–Trinajstić information content (AvgIpc) is 2.59. The molecule has 0 aromatic heterocycles. The van der Waals surface area contributed by atoms with Crippen molar-refractivity contribution in [2.45, 2.75) is 12.8 Å². The smallest absolute Gasteiger partial charge is 0.0203 e. The molecule has 0 aliphatic rings. The van der Waals surface area contributed by atoms with Gasteiger partial charge >= 0.3 is 0 Å². The van der Waals surface area contributed by atoms with Crippen molar-refractivity contribution >= 4 is 12.2 Å². The van der Waals surface area contributed by atoms with Crippen LogP contribution < -0.4 is 0 Å². The van der Waals surface area contributed by atoms with Gasteiger partial charge in [0.25, 0.3) is 0 Å². The van der Waals surface area contributed by atoms with Gasteiger partial charge in [0.2, 0.25) is 0 Å². The summed E-state index contributed by atoms with van der Waals surface area (Å²) >= 11 is 0. The van der Waals surface area contributed by atoms with E-state index in [1.807, 2.05) is 48.6 Å². The summed E-state index contributed by atoms with van der Waals surface area (Å²) in [5.74, 6) is 2.73. The molecule has 0 amide bonds. The van der Waals surface area contributed by atoms with Crippen LogP contribution in [0.4, 0.5) is 0 Å². The second-order valence-corrected chi connectivity index (χ2v) is 4.94. The standard InChI is InChI=1S/C22H20/c1-2-20(18-19-22-16-10-5-11-17-22)12-6-3-7-13-21-14-8-4-9-15-21/h1,4-5,7-19H,3,6H2. The molecule has 108 valence electrons. The Morgan fingerprint density at radius 1 is 0.818 bits per heavy atom. The molecule has 0 saturated heterocycles. The van der Waals surface area contributed by atoms with E-state index >= 15 is 0 Å². The van der Waals surface area contributed by atoms with E-state index in [9.17, 15) is 0 Å². The number of rotatable bonds is 6. The van der Waals surface area contributed by atoms with Crippen LogP contribution in [0.3, 0.4) is 0 Å². The summed E-state index contributed by atoms with van der Waals surface area (Å²) in [5, 5.41) is 0. The molecule has 0 N–H and O–H groups in total. The van der Waals surface area contributed by atoms with Crippen molar-refractivity contribution in [3.8, 4) is 12.3 Å². The van der Waals surface area contributed by atoms with Gasteiger partial charge in [0.05, 0.1) is 0 Å². The number of unbranched alkanes of at least 4 members (excludes halogenated alkanes) is 1. The summed E-state index contributed by atoms with van der Waals surface area (Å²) < 4.78 is 0. The SMILES string of the molecule is C#CC(C=Cc1ccccc1)=CCCC=Cc1ccccc1. The second-order valence-electron chi connectivity index (χ2n) is 4.94. The van der Waals surface area contributed by atoms with E-state index in [-0.39, 0.29) is 0 Å². The Kier molecular flexibility index (Phi) is 6.53. The summed E-state index contributed by atoms with van der Waals surface area (Å²) in [7, 11) is 0. The number of benzene rings is 2. The Morgan fingerprint density at radius 3 is 2.00 bits per heavy atom. The molecule has 2 aromatic carbocycles. The molecule has 2 rings (SSSR count). The molecule has 0 aliphatic carbocycles. The normalized spacial score (nSPS) is 11.9. The molecule has 0 fully saturated rings. The minimum atomic E-state index is 0.928. The summed E-state index contributed by atoms with van der Waals surface area (Å²) in [5.41, 5.74) is 3.32. The average molecular weight is 284 g/mol. The van der Waals surface area contributed by atoms with Gasteiger partial charge in [0.15, 0.2) is 0 Å². The molecule has 0 nitrogen and oxygen atoms in total. The van der Waals surface area contributed by atoms with E-state index in [1.165, 1.54) is 5.56 Å². The maximum atomic E-state index is 5.56. The maximum Gasteiger partial charge on any atom is 0.0203 e. The highest BCUT2D eigenvalue weighted by molar-refractivity contribution is 5.55. The van der Waals surface area contributed by atoms with Crippen molar-refractivity contribution in [1.82, 2.24) is 0 Å². The first kappa shape index (κ1) is 15.6. The fraction of sp³-hybridized carbons (Fsp3) is 0.0909. The number of hydrogen-bond donors (Lipinski definition) is 0. The lowest BCUT2D eigenvalue weighted by molar-refractivity contribution is 1.05. The van der Waals surface area contributed by atoms with Gasteiger partial charge in [-0.25, -0.2) is 0 Å². The van der Waals surface area contributed by atoms with Crippen LogP contribution in [0.5, 0.6) is 0 Å². The monoisotopic (exact) mass is 284 g/mol. The van der Waals surface area contributed by atoms with Crippen LogP contribution in [0.2, 0.25) is 0 Å². The molecule has 0 bridgehead atoms. The van der Waals surface area contributed by atoms with Crippen LogP contribution in [-0.2, 0) is 0 Å². The molecule has 0 radical (unpaired) electrons. The molecule has 22 heavy (non-hydrogen) atoms. The third-order valence-electron chi connectivity index (χ3n) is 3.23. The van der Waals surface area contributed by atoms with Crippen LogP contribution in [0.15, 0.2) is 84.5 Å². The van der Waals surface area contributed by atoms with E-state index in [0.717, 1.165) is 24.0 Å². The Balaban J connectivity index is 1.84. The highest BCUT2D eigenvalue weighted by Crippen LogP contribution is 2.08. The zero-order valence-electron chi connectivity index (χ0n) is 12.7. The fourth-order valence-electron chi connectivity index (χ4n) is 2.04. The van der Waals surface area contributed by atoms with Crippen LogP contribution in [0, 0.1) is 12.3 Å². The third-order valence-corrected chi connectivity index (χ3v) is 3.23. The zero-order chi connectivity index (χ0) is 15.5. The molecule has 2 aromatic rings. The third kappa shape index (κ3) is 5.69. The number of allylic oxidation sites excluding steroid dienone is 4. The minimum Gasteiger partial charge on any atom is -0.115 e. The number of terminal acetylenes is 1.